The molecule has 0 fully saturated rings. The second-order valence-electron chi connectivity index (χ2n) is 5.74. The topological polar surface area (TPSA) is 20.2 Å². The summed E-state index contributed by atoms with van der Waals surface area (Å²) in [5, 5.41) is 10.8. The molecule has 19 heavy (non-hydrogen) atoms. The quantitative estimate of drug-likeness (QED) is 0.869. The first-order valence-electron chi connectivity index (χ1n) is 6.87. The first-order valence-corrected chi connectivity index (χ1v) is 6.87. The highest BCUT2D eigenvalue weighted by atomic mass is 16.3. The standard InChI is InChI=1S/C18H22O/c1-14(2)12-15-8-7-11-17(13-15)18(3,19)16-9-5-4-6-10-16/h4-11,13-14,19H,12H2,1-3H3. The van der Waals surface area contributed by atoms with Crippen LogP contribution in [-0.2, 0) is 12.0 Å². The zero-order valence-electron chi connectivity index (χ0n) is 11.9. The van der Waals surface area contributed by atoms with Crippen molar-refractivity contribution in [1.82, 2.24) is 0 Å². The van der Waals surface area contributed by atoms with Gasteiger partial charge in [0.15, 0.2) is 0 Å². The van der Waals surface area contributed by atoms with E-state index < -0.39 is 5.60 Å². The van der Waals surface area contributed by atoms with Crippen LogP contribution in [0.25, 0.3) is 0 Å². The van der Waals surface area contributed by atoms with E-state index in [4.69, 9.17) is 0 Å². The number of hydrogen-bond acceptors (Lipinski definition) is 1. The number of aliphatic hydroxyl groups is 1. The van der Waals surface area contributed by atoms with Gasteiger partial charge >= 0.3 is 0 Å². The predicted octanol–water partition coefficient (Wildman–Crippen LogP) is 4.14. The summed E-state index contributed by atoms with van der Waals surface area (Å²) >= 11 is 0. The highest BCUT2D eigenvalue weighted by molar-refractivity contribution is 5.37. The molecule has 0 amide bonds. The Morgan fingerprint density at radius 3 is 2.21 bits per heavy atom. The SMILES string of the molecule is CC(C)Cc1cccc(C(C)(O)c2ccccc2)c1. The lowest BCUT2D eigenvalue weighted by atomic mass is 9.86. The van der Waals surface area contributed by atoms with E-state index in [-0.39, 0.29) is 0 Å². The molecule has 2 aromatic rings. The van der Waals surface area contributed by atoms with Crippen LogP contribution in [0, 0.1) is 5.92 Å². The van der Waals surface area contributed by atoms with Crippen LogP contribution in [0.1, 0.15) is 37.5 Å². The van der Waals surface area contributed by atoms with Gasteiger partial charge in [-0.25, -0.2) is 0 Å². The normalized spacial score (nSPS) is 14.4. The van der Waals surface area contributed by atoms with Crippen LogP contribution < -0.4 is 0 Å². The Hall–Kier alpha value is -1.60. The van der Waals surface area contributed by atoms with Crippen LogP contribution in [0.3, 0.4) is 0 Å². The maximum absolute atomic E-state index is 10.8. The van der Waals surface area contributed by atoms with Crippen LogP contribution >= 0.6 is 0 Å². The van der Waals surface area contributed by atoms with Crippen LogP contribution in [0.15, 0.2) is 54.6 Å². The lowest BCUT2D eigenvalue weighted by molar-refractivity contribution is 0.102. The Labute approximate surface area is 115 Å². The molecule has 0 radical (unpaired) electrons. The summed E-state index contributed by atoms with van der Waals surface area (Å²) in [7, 11) is 0. The lowest BCUT2D eigenvalue weighted by Gasteiger charge is -2.25. The molecule has 0 bridgehead atoms. The molecule has 100 valence electrons. The third kappa shape index (κ3) is 3.24. The van der Waals surface area contributed by atoms with Crippen molar-refractivity contribution in [3.8, 4) is 0 Å². The summed E-state index contributed by atoms with van der Waals surface area (Å²) in [5.74, 6) is 0.622. The summed E-state index contributed by atoms with van der Waals surface area (Å²) in [6.45, 7) is 6.28. The highest BCUT2D eigenvalue weighted by Gasteiger charge is 2.25. The van der Waals surface area contributed by atoms with Gasteiger partial charge in [0.25, 0.3) is 0 Å². The Morgan fingerprint density at radius 1 is 0.947 bits per heavy atom. The number of rotatable bonds is 4. The van der Waals surface area contributed by atoms with Crippen LogP contribution in [0.2, 0.25) is 0 Å². The van der Waals surface area contributed by atoms with Gasteiger partial charge in [0.1, 0.15) is 5.60 Å². The van der Waals surface area contributed by atoms with Gasteiger partial charge in [-0.15, -0.1) is 0 Å². The fourth-order valence-corrected chi connectivity index (χ4v) is 2.40. The van der Waals surface area contributed by atoms with Crippen LogP contribution in [0.4, 0.5) is 0 Å². The second-order valence-corrected chi connectivity index (χ2v) is 5.74. The van der Waals surface area contributed by atoms with Crippen molar-refractivity contribution in [2.45, 2.75) is 32.8 Å². The number of benzene rings is 2. The molecule has 0 saturated heterocycles. The minimum atomic E-state index is -0.936. The first kappa shape index (κ1) is 13.8. The zero-order chi connectivity index (χ0) is 13.9. The van der Waals surface area contributed by atoms with E-state index in [1.54, 1.807) is 0 Å². The van der Waals surface area contributed by atoms with Gasteiger partial charge in [-0.05, 0) is 36.0 Å². The predicted molar refractivity (Wildman–Crippen MR) is 80.1 cm³/mol. The molecule has 1 unspecified atom stereocenters. The van der Waals surface area contributed by atoms with Crippen molar-refractivity contribution in [2.75, 3.05) is 0 Å². The molecule has 1 N–H and O–H groups in total. The molecule has 1 nitrogen and oxygen atoms in total. The van der Waals surface area contributed by atoms with E-state index in [1.807, 2.05) is 49.4 Å². The summed E-state index contributed by atoms with van der Waals surface area (Å²) in [6.07, 6.45) is 1.04. The maximum atomic E-state index is 10.8. The third-order valence-electron chi connectivity index (χ3n) is 3.47. The van der Waals surface area contributed by atoms with Crippen LogP contribution in [-0.4, -0.2) is 5.11 Å². The van der Waals surface area contributed by atoms with E-state index in [9.17, 15) is 5.11 Å². The molecule has 0 saturated carbocycles. The van der Waals surface area contributed by atoms with Gasteiger partial charge in [0, 0.05) is 0 Å². The molecule has 0 spiro atoms. The Kier molecular flexibility index (Phi) is 4.06. The van der Waals surface area contributed by atoms with E-state index in [2.05, 4.69) is 26.0 Å². The molecule has 0 aliphatic heterocycles. The van der Waals surface area contributed by atoms with Gasteiger partial charge in [-0.2, -0.15) is 0 Å². The van der Waals surface area contributed by atoms with Crippen molar-refractivity contribution in [1.29, 1.82) is 0 Å². The van der Waals surface area contributed by atoms with Crippen molar-refractivity contribution >= 4 is 0 Å². The van der Waals surface area contributed by atoms with E-state index >= 15 is 0 Å². The van der Waals surface area contributed by atoms with Gasteiger partial charge < -0.3 is 5.11 Å². The van der Waals surface area contributed by atoms with Crippen molar-refractivity contribution in [3.05, 3.63) is 71.3 Å². The summed E-state index contributed by atoms with van der Waals surface area (Å²) in [6, 6.07) is 18.1. The Bertz CT molecular complexity index is 526. The first-order chi connectivity index (χ1) is 9.00. The smallest absolute Gasteiger partial charge is 0.112 e. The van der Waals surface area contributed by atoms with Crippen molar-refractivity contribution < 1.29 is 5.11 Å². The molecule has 2 aromatic carbocycles. The second kappa shape index (κ2) is 5.58. The lowest BCUT2D eigenvalue weighted by Crippen LogP contribution is -2.22. The van der Waals surface area contributed by atoms with Gasteiger partial charge in [0.05, 0.1) is 0 Å². The van der Waals surface area contributed by atoms with Gasteiger partial charge in [0.2, 0.25) is 0 Å². The largest absolute Gasteiger partial charge is 0.381 e. The maximum Gasteiger partial charge on any atom is 0.112 e. The van der Waals surface area contributed by atoms with E-state index in [0.29, 0.717) is 5.92 Å². The monoisotopic (exact) mass is 254 g/mol. The molecule has 1 heteroatoms. The Balaban J connectivity index is 2.35. The summed E-state index contributed by atoms with van der Waals surface area (Å²) < 4.78 is 0. The fraction of sp³-hybridized carbons (Fsp3) is 0.333. The van der Waals surface area contributed by atoms with Crippen molar-refractivity contribution in [3.63, 3.8) is 0 Å². The Morgan fingerprint density at radius 2 is 1.58 bits per heavy atom. The molecule has 0 aliphatic carbocycles. The summed E-state index contributed by atoms with van der Waals surface area (Å²) in [4.78, 5) is 0. The van der Waals surface area contributed by atoms with E-state index in [1.165, 1.54) is 5.56 Å². The van der Waals surface area contributed by atoms with Gasteiger partial charge in [-0.3, -0.25) is 0 Å². The molecular weight excluding hydrogens is 232 g/mol. The molecule has 0 aromatic heterocycles. The highest BCUT2D eigenvalue weighted by Crippen LogP contribution is 2.29. The zero-order valence-corrected chi connectivity index (χ0v) is 11.9. The average molecular weight is 254 g/mol. The van der Waals surface area contributed by atoms with Crippen molar-refractivity contribution in [2.24, 2.45) is 5.92 Å². The average Bonchev–Trinajstić information content (AvgIpc) is 2.39. The van der Waals surface area contributed by atoms with Gasteiger partial charge in [-0.1, -0.05) is 68.4 Å². The molecule has 0 heterocycles. The fourth-order valence-electron chi connectivity index (χ4n) is 2.40. The molecule has 2 rings (SSSR count). The molecular formula is C18H22O. The summed E-state index contributed by atoms with van der Waals surface area (Å²) in [5.41, 5.74) is 2.23. The minimum absolute atomic E-state index is 0.622. The number of hydrogen-bond donors (Lipinski definition) is 1. The van der Waals surface area contributed by atoms with E-state index in [0.717, 1.165) is 17.5 Å². The molecule has 0 aliphatic rings. The minimum Gasteiger partial charge on any atom is -0.381 e. The van der Waals surface area contributed by atoms with Crippen LogP contribution in [0.5, 0.6) is 0 Å². The molecule has 1 atom stereocenters. The third-order valence-corrected chi connectivity index (χ3v) is 3.47.